The second-order valence-corrected chi connectivity index (χ2v) is 8.93. The van der Waals surface area contributed by atoms with E-state index in [1.54, 1.807) is 0 Å². The van der Waals surface area contributed by atoms with Gasteiger partial charge in [0.15, 0.2) is 0 Å². The van der Waals surface area contributed by atoms with E-state index in [1.165, 1.54) is 0 Å². The molecule has 1 aliphatic rings. The molecule has 0 aromatic heterocycles. The van der Waals surface area contributed by atoms with Crippen molar-refractivity contribution >= 4 is 10.0 Å². The summed E-state index contributed by atoms with van der Waals surface area (Å²) in [5.41, 5.74) is 0. The average Bonchev–Trinajstić information content (AvgIpc) is 2.63. The molecule has 1 saturated heterocycles. The minimum atomic E-state index is -5.78. The van der Waals surface area contributed by atoms with Gasteiger partial charge in [-0.25, -0.2) is 0 Å². The summed E-state index contributed by atoms with van der Waals surface area (Å²) < 4.78 is 101. The highest BCUT2D eigenvalue weighted by molar-refractivity contribution is 8.33. The molecular weight excluding hydrogens is 305 g/mol. The zero-order valence-corrected chi connectivity index (χ0v) is 11.1. The molecule has 0 saturated carbocycles. The molecule has 0 aromatic carbocycles. The number of alkyl halides is 7. The average molecular weight is 318 g/mol. The lowest BCUT2D eigenvalue weighted by molar-refractivity contribution is -0.431. The Labute approximate surface area is 106 Å². The molecule has 116 valence electrons. The van der Waals surface area contributed by atoms with Crippen LogP contribution in [0.5, 0.6) is 0 Å². The van der Waals surface area contributed by atoms with E-state index in [0.717, 1.165) is 18.8 Å². The first-order chi connectivity index (χ1) is 8.21. The number of hydrogen-bond donors (Lipinski definition) is 0. The van der Waals surface area contributed by atoms with Crippen LogP contribution in [0.2, 0.25) is 0 Å². The molecule has 10 heteroatoms. The molecule has 0 amide bonds. The van der Waals surface area contributed by atoms with Gasteiger partial charge in [-0.3, -0.25) is 0 Å². The van der Waals surface area contributed by atoms with E-state index in [0.29, 0.717) is 0 Å². The van der Waals surface area contributed by atoms with Gasteiger partial charge < -0.3 is 9.47 Å². The van der Waals surface area contributed by atoms with Crippen LogP contribution >= 0.6 is 10.0 Å². The number of rotatable bonds is 3. The van der Waals surface area contributed by atoms with E-state index in [2.05, 4.69) is 9.47 Å². The summed E-state index contributed by atoms with van der Waals surface area (Å²) in [6, 6.07) is 0. The van der Waals surface area contributed by atoms with Crippen LogP contribution in [0.15, 0.2) is 0 Å². The van der Waals surface area contributed by atoms with Crippen LogP contribution in [-0.4, -0.2) is 55.1 Å². The van der Waals surface area contributed by atoms with Gasteiger partial charge in [-0.15, -0.1) is 0 Å². The third kappa shape index (κ3) is 2.21. The zero-order chi connectivity index (χ0) is 15.3. The summed E-state index contributed by atoms with van der Waals surface area (Å²) in [5.74, 6) is -10.1. The molecule has 19 heavy (non-hydrogen) atoms. The fourth-order valence-electron chi connectivity index (χ4n) is 1.51. The molecule has 1 heterocycles. The second kappa shape index (κ2) is 4.39. The molecule has 0 spiro atoms. The highest BCUT2D eigenvalue weighted by Crippen LogP contribution is 2.65. The van der Waals surface area contributed by atoms with E-state index in [-0.39, 0.29) is 0 Å². The van der Waals surface area contributed by atoms with Crippen molar-refractivity contribution in [3.05, 3.63) is 0 Å². The molecule has 0 bridgehead atoms. The van der Waals surface area contributed by atoms with Gasteiger partial charge in [0.1, 0.15) is 0 Å². The minimum absolute atomic E-state index is 0.792. The number of hydrogen-bond acceptors (Lipinski definition) is 2. The molecule has 1 fully saturated rings. The molecule has 0 aliphatic carbocycles. The number of halogens is 7. The lowest BCUT2D eigenvalue weighted by Crippen LogP contribution is -2.67. The largest absolute Gasteiger partial charge is 0.450 e. The molecular formula is C9H13F7O2S. The quantitative estimate of drug-likeness (QED) is 0.744. The lowest BCUT2D eigenvalue weighted by Gasteiger charge is -2.46. The van der Waals surface area contributed by atoms with E-state index in [4.69, 9.17) is 0 Å². The lowest BCUT2D eigenvalue weighted by atomic mass is 10.1. The Bertz CT molecular complexity index is 341. The van der Waals surface area contributed by atoms with Crippen molar-refractivity contribution in [1.82, 2.24) is 0 Å². The Morgan fingerprint density at radius 1 is 0.842 bits per heavy atom. The van der Waals surface area contributed by atoms with E-state index >= 15 is 0 Å². The van der Waals surface area contributed by atoms with E-state index in [9.17, 15) is 30.7 Å². The van der Waals surface area contributed by atoms with Crippen molar-refractivity contribution in [2.75, 3.05) is 32.0 Å². The molecule has 2 nitrogen and oxygen atoms in total. The van der Waals surface area contributed by atoms with Crippen LogP contribution in [0.3, 0.4) is 0 Å². The van der Waals surface area contributed by atoms with Crippen LogP contribution in [0, 0.1) is 0 Å². The van der Waals surface area contributed by atoms with Crippen molar-refractivity contribution < 1.29 is 40.2 Å². The summed E-state index contributed by atoms with van der Waals surface area (Å²) in [6.07, 6.45) is -3.40. The van der Waals surface area contributed by atoms with Crippen LogP contribution < -0.4 is 0 Å². The van der Waals surface area contributed by atoms with Gasteiger partial charge in [0.25, 0.3) is 0 Å². The maximum atomic E-state index is 13.9. The molecule has 1 rings (SSSR count). The van der Waals surface area contributed by atoms with Gasteiger partial charge in [-0.05, 0) is 18.8 Å². The maximum absolute atomic E-state index is 13.9. The van der Waals surface area contributed by atoms with E-state index in [1.807, 2.05) is 0 Å². The summed E-state index contributed by atoms with van der Waals surface area (Å²) in [4.78, 5) is 0. The monoisotopic (exact) mass is 318 g/mol. The Morgan fingerprint density at radius 3 is 1.47 bits per heavy atom. The van der Waals surface area contributed by atoms with Gasteiger partial charge in [0.2, 0.25) is 0 Å². The van der Waals surface area contributed by atoms with Crippen LogP contribution in [-0.2, 0) is 9.47 Å². The molecule has 0 unspecified atom stereocenters. The summed E-state index contributed by atoms with van der Waals surface area (Å²) in [5, 5.41) is -4.90. The predicted molar refractivity (Wildman–Crippen MR) is 55.9 cm³/mol. The highest BCUT2D eigenvalue weighted by Gasteiger charge is 2.83. The summed E-state index contributed by atoms with van der Waals surface area (Å²) in [7, 11) is -3.34. The zero-order valence-electron chi connectivity index (χ0n) is 10.3. The van der Waals surface area contributed by atoms with Gasteiger partial charge in [-0.2, -0.15) is 40.8 Å². The van der Waals surface area contributed by atoms with Gasteiger partial charge in [0, 0.05) is 0 Å². The Kier molecular flexibility index (Phi) is 3.89. The fourth-order valence-corrected chi connectivity index (χ4v) is 2.41. The third-order valence-corrected chi connectivity index (χ3v) is 4.41. The summed E-state index contributed by atoms with van der Waals surface area (Å²) in [6.45, 7) is -1.66. The van der Waals surface area contributed by atoms with Crippen LogP contribution in [0.4, 0.5) is 30.7 Å². The van der Waals surface area contributed by atoms with Crippen LogP contribution in [0.25, 0.3) is 0 Å². The molecule has 0 N–H and O–H groups in total. The van der Waals surface area contributed by atoms with Crippen molar-refractivity contribution in [3.63, 3.8) is 0 Å². The first-order valence-corrected chi connectivity index (χ1v) is 7.85. The normalized spacial score (nSPS) is 22.6. The molecule has 0 radical (unpaired) electrons. The molecule has 1 aliphatic heterocycles. The Hall–Kier alpha value is -0.220. The maximum Gasteiger partial charge on any atom is 0.450 e. The predicted octanol–water partition coefficient (Wildman–Crippen LogP) is 3.21. The van der Waals surface area contributed by atoms with Crippen molar-refractivity contribution in [2.24, 2.45) is 0 Å². The first-order valence-electron chi connectivity index (χ1n) is 4.99. The SMILES string of the molecule is CS(C)(C)C(F)(F)C(F)(F)C1(C(F)(F)F)OCCO1. The number of ether oxygens (including phenoxy) is 2. The third-order valence-electron chi connectivity index (χ3n) is 2.62. The second-order valence-electron chi connectivity index (χ2n) is 4.74. The van der Waals surface area contributed by atoms with Crippen molar-refractivity contribution in [2.45, 2.75) is 23.1 Å². The van der Waals surface area contributed by atoms with Gasteiger partial charge in [-0.1, -0.05) is 0 Å². The Morgan fingerprint density at radius 2 is 1.21 bits per heavy atom. The van der Waals surface area contributed by atoms with Gasteiger partial charge in [0.05, 0.1) is 13.2 Å². The highest BCUT2D eigenvalue weighted by atomic mass is 32.3. The van der Waals surface area contributed by atoms with Crippen LogP contribution in [0.1, 0.15) is 0 Å². The molecule has 0 aromatic rings. The van der Waals surface area contributed by atoms with Crippen molar-refractivity contribution in [1.29, 1.82) is 0 Å². The molecule has 0 atom stereocenters. The fraction of sp³-hybridized carbons (Fsp3) is 1.00. The topological polar surface area (TPSA) is 18.5 Å². The smallest absolute Gasteiger partial charge is 0.335 e. The van der Waals surface area contributed by atoms with E-state index < -0.39 is 46.4 Å². The standard InChI is InChI=1S/C9H13F7O2S/c1-19(2,3)9(15,16)6(10,11)7(8(12,13)14)17-4-5-18-7/h4-5H2,1-3H3. The van der Waals surface area contributed by atoms with Crippen molar-refractivity contribution in [3.8, 4) is 0 Å². The summed E-state index contributed by atoms with van der Waals surface area (Å²) >= 11 is 0. The first kappa shape index (κ1) is 16.8. The van der Waals surface area contributed by atoms with Gasteiger partial charge >= 0.3 is 23.1 Å². The Balaban J connectivity index is 3.38. The minimum Gasteiger partial charge on any atom is -0.335 e.